The van der Waals surface area contributed by atoms with Gasteiger partial charge in [-0.2, -0.15) is 0 Å². The van der Waals surface area contributed by atoms with Crippen molar-refractivity contribution in [3.63, 3.8) is 0 Å². The van der Waals surface area contributed by atoms with Crippen molar-refractivity contribution in [2.24, 2.45) is 0 Å². The second-order valence-electron chi connectivity index (χ2n) is 12.0. The van der Waals surface area contributed by atoms with Crippen molar-refractivity contribution < 1.29 is 19.0 Å². The van der Waals surface area contributed by atoms with Crippen LogP contribution in [-0.4, -0.2) is 59.7 Å². The number of carbonyl (C=O) groups is 1. The van der Waals surface area contributed by atoms with Crippen molar-refractivity contribution >= 4 is 27.2 Å². The van der Waals surface area contributed by atoms with Gasteiger partial charge < -0.3 is 18.8 Å². The van der Waals surface area contributed by atoms with Crippen LogP contribution >= 0.6 is 11.3 Å². The summed E-state index contributed by atoms with van der Waals surface area (Å²) in [4.78, 5) is 21.8. The van der Waals surface area contributed by atoms with Crippen LogP contribution in [0.1, 0.15) is 60.5 Å². The van der Waals surface area contributed by atoms with Crippen LogP contribution in [0.25, 0.3) is 20.5 Å². The molecule has 2 unspecified atom stereocenters. The molecule has 1 aliphatic carbocycles. The first-order chi connectivity index (χ1) is 22.2. The normalized spacial score (nSPS) is 18.7. The van der Waals surface area contributed by atoms with Crippen LogP contribution in [0, 0.1) is 0 Å². The van der Waals surface area contributed by atoms with Gasteiger partial charge in [-0.3, -0.25) is 9.69 Å². The Kier molecular flexibility index (Phi) is 8.85. The van der Waals surface area contributed by atoms with E-state index in [1.807, 2.05) is 73.3 Å². The van der Waals surface area contributed by atoms with Crippen LogP contribution in [0.5, 0.6) is 17.2 Å². The van der Waals surface area contributed by atoms with Crippen molar-refractivity contribution in [3.05, 3.63) is 96.6 Å². The molecule has 3 aromatic carbocycles. The molecule has 8 heteroatoms. The van der Waals surface area contributed by atoms with Gasteiger partial charge in [0.1, 0.15) is 30.0 Å². The summed E-state index contributed by atoms with van der Waals surface area (Å²) in [6.07, 6.45) is 12.8. The third-order valence-corrected chi connectivity index (χ3v) is 10.3. The Hall–Kier alpha value is -4.14. The number of imidazole rings is 1. The van der Waals surface area contributed by atoms with Gasteiger partial charge in [-0.15, -0.1) is 11.3 Å². The van der Waals surface area contributed by atoms with Gasteiger partial charge in [-0.05, 0) is 117 Å². The number of hydrogen-bond acceptors (Lipinski definition) is 7. The molecule has 0 bridgehead atoms. The first kappa shape index (κ1) is 29.6. The maximum Gasteiger partial charge on any atom is 0.195 e. The molecule has 0 spiro atoms. The first-order valence-corrected chi connectivity index (χ1v) is 16.8. The second-order valence-corrected chi connectivity index (χ2v) is 13.0. The van der Waals surface area contributed by atoms with Crippen LogP contribution < -0.4 is 14.2 Å². The fraction of sp³-hybridized carbons (Fsp3) is 0.351. The van der Waals surface area contributed by atoms with E-state index in [9.17, 15) is 4.79 Å². The monoisotopic (exact) mass is 621 g/mol. The Morgan fingerprint density at radius 1 is 0.911 bits per heavy atom. The highest BCUT2D eigenvalue weighted by Gasteiger charge is 2.28. The average molecular weight is 622 g/mol. The Balaban J connectivity index is 1.12. The Labute approximate surface area is 268 Å². The smallest absolute Gasteiger partial charge is 0.195 e. The topological polar surface area (TPSA) is 65.8 Å². The van der Waals surface area contributed by atoms with Crippen molar-refractivity contribution in [2.75, 3.05) is 33.4 Å². The fourth-order valence-corrected chi connectivity index (χ4v) is 7.89. The van der Waals surface area contributed by atoms with Crippen LogP contribution in [0.2, 0.25) is 0 Å². The van der Waals surface area contributed by atoms with Crippen LogP contribution in [-0.2, 0) is 0 Å². The molecule has 7 nitrogen and oxygen atoms in total. The van der Waals surface area contributed by atoms with Gasteiger partial charge in [-0.1, -0.05) is 6.42 Å². The maximum absolute atomic E-state index is 14.2. The number of carbonyl (C=O) groups excluding carboxylic acids is 1. The highest BCUT2D eigenvalue weighted by atomic mass is 32.1. The zero-order valence-electron chi connectivity index (χ0n) is 25.7. The lowest BCUT2D eigenvalue weighted by molar-refractivity contribution is 0.0976. The summed E-state index contributed by atoms with van der Waals surface area (Å²) in [7, 11) is 1.67. The van der Waals surface area contributed by atoms with E-state index in [4.69, 9.17) is 14.2 Å². The minimum absolute atomic E-state index is 0.00661. The molecule has 2 aliphatic rings. The van der Waals surface area contributed by atoms with E-state index >= 15 is 0 Å². The summed E-state index contributed by atoms with van der Waals surface area (Å²) in [5, 5.41) is 0.928. The number of ketones is 1. The number of hydrogen-bond donors (Lipinski definition) is 0. The Bertz CT molecular complexity index is 1720. The molecule has 2 fully saturated rings. The molecule has 2 atom stereocenters. The second kappa shape index (κ2) is 13.5. The van der Waals surface area contributed by atoms with E-state index in [0.717, 1.165) is 63.6 Å². The van der Waals surface area contributed by atoms with Crippen LogP contribution in [0.4, 0.5) is 0 Å². The maximum atomic E-state index is 14.2. The van der Waals surface area contributed by atoms with E-state index in [2.05, 4.69) is 26.6 Å². The standard InChI is InChI=1S/C37H39N3O4S/c1-42-30-16-17-31-34(24-30)45-37(27-10-12-28(13-11-27)43-23-22-39-19-4-5-20-39)35(31)36(41)26-8-14-29(15-9-26)44-33-7-3-2-6-32(33)40-21-18-38-25-40/h8-18,21,24-25,32-33H,2-7,19-20,22-23H2,1H3. The van der Waals surface area contributed by atoms with Gasteiger partial charge in [0, 0.05) is 45.0 Å². The molecule has 0 radical (unpaired) electrons. The SMILES string of the molecule is COc1ccc2c(C(=O)c3ccc(OC4CCCCC4n4ccnc4)cc3)c(-c3ccc(OCCN4CCCC4)cc3)sc2c1. The lowest BCUT2D eigenvalue weighted by Gasteiger charge is -2.32. The predicted octanol–water partition coefficient (Wildman–Crippen LogP) is 8.04. The highest BCUT2D eigenvalue weighted by Crippen LogP contribution is 2.42. The van der Waals surface area contributed by atoms with Gasteiger partial charge in [-0.25, -0.2) is 4.98 Å². The number of methoxy groups -OCH3 is 1. The van der Waals surface area contributed by atoms with Crippen LogP contribution in [0.3, 0.4) is 0 Å². The van der Waals surface area contributed by atoms with Crippen molar-refractivity contribution in [2.45, 2.75) is 50.7 Å². The number of ether oxygens (including phenoxy) is 3. The summed E-state index contributed by atoms with van der Waals surface area (Å²) in [5.41, 5.74) is 2.34. The Morgan fingerprint density at radius 2 is 1.67 bits per heavy atom. The fourth-order valence-electron chi connectivity index (χ4n) is 6.66. The first-order valence-electron chi connectivity index (χ1n) is 16.0. The number of aromatic nitrogens is 2. The molecule has 1 aliphatic heterocycles. The molecule has 2 aromatic heterocycles. The van der Waals surface area contributed by atoms with E-state index in [-0.39, 0.29) is 17.9 Å². The van der Waals surface area contributed by atoms with E-state index in [1.165, 1.54) is 32.4 Å². The highest BCUT2D eigenvalue weighted by molar-refractivity contribution is 7.22. The molecular weight excluding hydrogens is 582 g/mol. The predicted molar refractivity (Wildman–Crippen MR) is 179 cm³/mol. The average Bonchev–Trinajstić information content (AvgIpc) is 3.87. The lowest BCUT2D eigenvalue weighted by Crippen LogP contribution is -2.32. The summed E-state index contributed by atoms with van der Waals surface area (Å²) >= 11 is 1.61. The van der Waals surface area contributed by atoms with E-state index in [0.29, 0.717) is 17.7 Å². The minimum Gasteiger partial charge on any atom is -0.497 e. The number of rotatable bonds is 11. The van der Waals surface area contributed by atoms with Crippen molar-refractivity contribution in [3.8, 4) is 27.7 Å². The number of benzene rings is 3. The van der Waals surface area contributed by atoms with E-state index in [1.54, 1.807) is 18.4 Å². The summed E-state index contributed by atoms with van der Waals surface area (Å²) in [6.45, 7) is 3.96. The zero-order chi connectivity index (χ0) is 30.6. The zero-order valence-corrected chi connectivity index (χ0v) is 26.5. The van der Waals surface area contributed by atoms with Gasteiger partial charge >= 0.3 is 0 Å². The molecular formula is C37H39N3O4S. The van der Waals surface area contributed by atoms with Gasteiger partial charge in [0.25, 0.3) is 0 Å². The summed E-state index contributed by atoms with van der Waals surface area (Å²) in [6, 6.07) is 22.0. The molecule has 45 heavy (non-hydrogen) atoms. The third kappa shape index (κ3) is 6.49. The Morgan fingerprint density at radius 3 is 2.42 bits per heavy atom. The molecule has 5 aromatic rings. The summed E-state index contributed by atoms with van der Waals surface area (Å²) in [5.74, 6) is 2.39. The molecule has 1 saturated heterocycles. The number of nitrogens with zero attached hydrogens (tertiary/aromatic N) is 3. The van der Waals surface area contributed by atoms with Gasteiger partial charge in [0.05, 0.1) is 19.5 Å². The molecule has 7 rings (SSSR count). The molecule has 3 heterocycles. The molecule has 232 valence electrons. The van der Waals surface area contributed by atoms with Gasteiger partial charge in [0.2, 0.25) is 0 Å². The van der Waals surface area contributed by atoms with E-state index < -0.39 is 0 Å². The summed E-state index contributed by atoms with van der Waals surface area (Å²) < 4.78 is 21.2. The molecule has 1 saturated carbocycles. The van der Waals surface area contributed by atoms with Crippen molar-refractivity contribution in [1.29, 1.82) is 0 Å². The molecule has 0 amide bonds. The number of likely N-dealkylation sites (tertiary alicyclic amines) is 1. The minimum atomic E-state index is -0.00661. The van der Waals surface area contributed by atoms with Gasteiger partial charge in [0.15, 0.2) is 5.78 Å². The lowest BCUT2D eigenvalue weighted by atomic mass is 9.92. The number of thiophene rings is 1. The largest absolute Gasteiger partial charge is 0.497 e. The van der Waals surface area contributed by atoms with Crippen LogP contribution in [0.15, 0.2) is 85.5 Å². The van der Waals surface area contributed by atoms with Crippen molar-refractivity contribution in [1.82, 2.24) is 14.5 Å². The molecule has 0 N–H and O–H groups in total. The third-order valence-electron chi connectivity index (χ3n) is 9.10. The quantitative estimate of drug-likeness (QED) is 0.139. The number of fused-ring (bicyclic) bond motifs is 1.